The highest BCUT2D eigenvalue weighted by atomic mass is 32.2. The minimum absolute atomic E-state index is 0.280. The molecule has 0 aliphatic carbocycles. The van der Waals surface area contributed by atoms with E-state index >= 15 is 0 Å². The van der Waals surface area contributed by atoms with Crippen LogP contribution in [0.25, 0.3) is 6.08 Å². The van der Waals surface area contributed by atoms with Crippen LogP contribution in [0.5, 0.6) is 5.75 Å². The van der Waals surface area contributed by atoms with Crippen molar-refractivity contribution in [2.45, 2.75) is 13.0 Å². The predicted octanol–water partition coefficient (Wildman–Crippen LogP) is 3.38. The Bertz CT molecular complexity index is 863. The van der Waals surface area contributed by atoms with Gasteiger partial charge in [-0.05, 0) is 30.7 Å². The molecule has 1 unspecified atom stereocenters. The van der Waals surface area contributed by atoms with Crippen molar-refractivity contribution >= 4 is 62.7 Å². The number of rotatable bonds is 5. The molecule has 1 aromatic carbocycles. The molecule has 0 saturated carbocycles. The Morgan fingerprint density at radius 1 is 1.38 bits per heavy atom. The molecule has 0 spiro atoms. The second-order valence-corrected chi connectivity index (χ2v) is 7.90. The van der Waals surface area contributed by atoms with E-state index in [9.17, 15) is 9.59 Å². The first kappa shape index (κ1) is 18.6. The molecule has 0 radical (unpaired) electrons. The highest BCUT2D eigenvalue weighted by Gasteiger charge is 2.38. The number of nitrogens with one attached hydrogen (secondary N) is 1. The van der Waals surface area contributed by atoms with Gasteiger partial charge >= 0.3 is 0 Å². The second-order valence-electron chi connectivity index (χ2n) is 5.33. The van der Waals surface area contributed by atoms with Crippen LogP contribution < -0.4 is 10.1 Å². The van der Waals surface area contributed by atoms with Crippen molar-refractivity contribution in [3.05, 3.63) is 46.3 Å². The van der Waals surface area contributed by atoms with E-state index < -0.39 is 6.04 Å². The molecule has 1 aromatic heterocycles. The van der Waals surface area contributed by atoms with Gasteiger partial charge in [-0.1, -0.05) is 36.1 Å². The molecular weight excluding hydrogens is 390 g/mol. The lowest BCUT2D eigenvalue weighted by Crippen LogP contribution is -2.44. The fourth-order valence-corrected chi connectivity index (χ4v) is 4.23. The fourth-order valence-electron chi connectivity index (χ4n) is 2.28. The molecule has 1 fully saturated rings. The largest absolute Gasteiger partial charge is 0.497 e. The molecule has 26 heavy (non-hydrogen) atoms. The van der Waals surface area contributed by atoms with Crippen molar-refractivity contribution in [2.75, 3.05) is 12.4 Å². The molecule has 1 atom stereocenters. The van der Waals surface area contributed by atoms with E-state index in [0.29, 0.717) is 14.4 Å². The average molecular weight is 406 g/mol. The number of methoxy groups -OCH3 is 1. The number of thioether (sulfide) groups is 1. The third kappa shape index (κ3) is 3.95. The van der Waals surface area contributed by atoms with Crippen molar-refractivity contribution < 1.29 is 14.3 Å². The molecular formula is C17H15N3O3S3. The summed E-state index contributed by atoms with van der Waals surface area (Å²) in [5.74, 6) is 0.127. The molecule has 1 aliphatic rings. The van der Waals surface area contributed by atoms with Crippen molar-refractivity contribution in [3.63, 3.8) is 0 Å². The predicted molar refractivity (Wildman–Crippen MR) is 108 cm³/mol. The van der Waals surface area contributed by atoms with E-state index in [4.69, 9.17) is 17.0 Å². The number of hydrogen-bond donors (Lipinski definition) is 1. The van der Waals surface area contributed by atoms with Crippen LogP contribution in [0.3, 0.4) is 0 Å². The lowest BCUT2D eigenvalue weighted by molar-refractivity contribution is -0.129. The van der Waals surface area contributed by atoms with Gasteiger partial charge in [0.15, 0.2) is 5.13 Å². The zero-order chi connectivity index (χ0) is 18.7. The van der Waals surface area contributed by atoms with Crippen molar-refractivity contribution in [2.24, 2.45) is 0 Å². The number of ether oxygens (including phenoxy) is 1. The summed E-state index contributed by atoms with van der Waals surface area (Å²) in [5.41, 5.74) is 0.853. The van der Waals surface area contributed by atoms with E-state index in [0.717, 1.165) is 11.3 Å². The molecule has 2 aromatic rings. The van der Waals surface area contributed by atoms with Gasteiger partial charge in [-0.3, -0.25) is 14.5 Å². The maximum atomic E-state index is 12.7. The summed E-state index contributed by atoms with van der Waals surface area (Å²) in [6, 6.07) is 6.61. The van der Waals surface area contributed by atoms with Gasteiger partial charge in [0.25, 0.3) is 5.91 Å². The zero-order valence-electron chi connectivity index (χ0n) is 14.0. The van der Waals surface area contributed by atoms with Gasteiger partial charge in [0.2, 0.25) is 5.91 Å². The first-order chi connectivity index (χ1) is 12.5. The van der Waals surface area contributed by atoms with Gasteiger partial charge in [-0.15, -0.1) is 11.3 Å². The third-order valence-electron chi connectivity index (χ3n) is 3.67. The molecule has 0 bridgehead atoms. The molecule has 2 heterocycles. The van der Waals surface area contributed by atoms with Gasteiger partial charge in [0.05, 0.1) is 12.0 Å². The van der Waals surface area contributed by atoms with Gasteiger partial charge in [0.1, 0.15) is 16.1 Å². The second kappa shape index (κ2) is 7.98. The molecule has 1 N–H and O–H groups in total. The minimum Gasteiger partial charge on any atom is -0.497 e. The number of amides is 2. The number of thiazole rings is 1. The van der Waals surface area contributed by atoms with Crippen LogP contribution in [-0.4, -0.2) is 39.2 Å². The maximum absolute atomic E-state index is 12.7. The van der Waals surface area contributed by atoms with E-state index in [-0.39, 0.29) is 11.8 Å². The van der Waals surface area contributed by atoms with Gasteiger partial charge in [0, 0.05) is 11.6 Å². The Hall–Kier alpha value is -2.23. The molecule has 1 aliphatic heterocycles. The molecule has 2 amide bonds. The van der Waals surface area contributed by atoms with Crippen LogP contribution in [-0.2, 0) is 9.59 Å². The molecule has 9 heteroatoms. The number of anilines is 1. The molecule has 3 rings (SSSR count). The summed E-state index contributed by atoms with van der Waals surface area (Å²) in [4.78, 5) is 30.9. The highest BCUT2D eigenvalue weighted by Crippen LogP contribution is 2.34. The summed E-state index contributed by atoms with van der Waals surface area (Å²) < 4.78 is 5.48. The van der Waals surface area contributed by atoms with Crippen molar-refractivity contribution in [1.82, 2.24) is 9.88 Å². The number of carbonyl (C=O) groups is 2. The summed E-state index contributed by atoms with van der Waals surface area (Å²) in [6.45, 7) is 1.64. The van der Waals surface area contributed by atoms with Gasteiger partial charge < -0.3 is 10.1 Å². The number of benzene rings is 1. The lowest BCUT2D eigenvalue weighted by atomic mass is 10.2. The van der Waals surface area contributed by atoms with Crippen LogP contribution in [0.4, 0.5) is 5.13 Å². The Morgan fingerprint density at radius 3 is 2.73 bits per heavy atom. The maximum Gasteiger partial charge on any atom is 0.266 e. The lowest BCUT2D eigenvalue weighted by Gasteiger charge is -2.21. The monoisotopic (exact) mass is 405 g/mol. The van der Waals surface area contributed by atoms with E-state index in [1.54, 1.807) is 31.7 Å². The average Bonchev–Trinajstić information content (AvgIpc) is 3.23. The first-order valence-corrected chi connectivity index (χ1v) is 9.71. The zero-order valence-corrected chi connectivity index (χ0v) is 16.4. The highest BCUT2D eigenvalue weighted by molar-refractivity contribution is 8.26. The SMILES string of the molecule is COc1ccc(/C=C2\SC(=S)N(C(C)C(=O)Nc3nccs3)C2=O)cc1. The first-order valence-electron chi connectivity index (χ1n) is 7.61. The number of carbonyl (C=O) groups excluding carboxylic acids is 2. The smallest absolute Gasteiger partial charge is 0.266 e. The van der Waals surface area contributed by atoms with Gasteiger partial charge in [-0.2, -0.15) is 0 Å². The van der Waals surface area contributed by atoms with E-state index in [1.807, 2.05) is 24.3 Å². The van der Waals surface area contributed by atoms with Gasteiger partial charge in [-0.25, -0.2) is 4.98 Å². The van der Waals surface area contributed by atoms with Crippen molar-refractivity contribution in [1.29, 1.82) is 0 Å². The Labute approximate surface area is 164 Å². The molecule has 6 nitrogen and oxygen atoms in total. The number of aromatic nitrogens is 1. The summed E-state index contributed by atoms with van der Waals surface area (Å²) >= 11 is 7.80. The quantitative estimate of drug-likeness (QED) is 0.607. The summed E-state index contributed by atoms with van der Waals surface area (Å²) in [5, 5.41) is 4.94. The Balaban J connectivity index is 1.75. The van der Waals surface area contributed by atoms with Crippen LogP contribution in [0.2, 0.25) is 0 Å². The number of nitrogens with zero attached hydrogens (tertiary/aromatic N) is 2. The van der Waals surface area contributed by atoms with E-state index in [1.165, 1.54) is 28.0 Å². The topological polar surface area (TPSA) is 71.5 Å². The fraction of sp³-hybridized carbons (Fsp3) is 0.176. The standard InChI is InChI=1S/C17H15N3O3S3/c1-10(14(21)19-16-18-7-8-25-16)20-15(22)13(26-17(20)24)9-11-3-5-12(23-2)6-4-11/h3-10H,1-2H3,(H,18,19,21)/b13-9-. The molecule has 134 valence electrons. The van der Waals surface area contributed by atoms with Crippen LogP contribution >= 0.6 is 35.3 Å². The minimum atomic E-state index is -0.729. The van der Waals surface area contributed by atoms with Crippen LogP contribution in [0, 0.1) is 0 Å². The van der Waals surface area contributed by atoms with Crippen molar-refractivity contribution in [3.8, 4) is 5.75 Å². The van der Waals surface area contributed by atoms with Crippen LogP contribution in [0.1, 0.15) is 12.5 Å². The number of thiocarbonyl (C=S) groups is 1. The molecule has 1 saturated heterocycles. The third-order valence-corrected chi connectivity index (χ3v) is 5.69. The Kier molecular flexibility index (Phi) is 5.70. The van der Waals surface area contributed by atoms with Crippen LogP contribution in [0.15, 0.2) is 40.7 Å². The Morgan fingerprint density at radius 2 is 2.12 bits per heavy atom. The normalized spacial score (nSPS) is 16.8. The number of hydrogen-bond acceptors (Lipinski definition) is 7. The van der Waals surface area contributed by atoms with E-state index in [2.05, 4.69) is 10.3 Å². The summed E-state index contributed by atoms with van der Waals surface area (Å²) in [6.07, 6.45) is 3.35. The summed E-state index contributed by atoms with van der Waals surface area (Å²) in [7, 11) is 1.60.